The molecule has 1 aromatic carbocycles. The van der Waals surface area contributed by atoms with Gasteiger partial charge in [0.1, 0.15) is 0 Å². The van der Waals surface area contributed by atoms with Crippen LogP contribution in [0.3, 0.4) is 0 Å². The highest BCUT2D eigenvalue weighted by molar-refractivity contribution is 5.46. The molecule has 0 amide bonds. The van der Waals surface area contributed by atoms with E-state index in [1.54, 1.807) is 0 Å². The molecule has 1 spiro atoms. The number of ether oxygens (including phenoxy) is 2. The van der Waals surface area contributed by atoms with Gasteiger partial charge in [-0.3, -0.25) is 0 Å². The molecular formula is C25H37NO5. The Hall–Kier alpha value is -1.18. The Bertz CT molecular complexity index is 785. The molecule has 1 saturated carbocycles. The fraction of sp³-hybridized carbons (Fsp3) is 0.760. The lowest BCUT2D eigenvalue weighted by molar-refractivity contribution is -0.577. The molecule has 0 radical (unpaired) electrons. The summed E-state index contributed by atoms with van der Waals surface area (Å²) in [7, 11) is 4.11. The predicted octanol–water partition coefficient (Wildman–Crippen LogP) is 4.26. The number of benzene rings is 1. The Morgan fingerprint density at radius 1 is 1.06 bits per heavy atom. The smallest absolute Gasteiger partial charge is 0.201 e. The van der Waals surface area contributed by atoms with E-state index < -0.39 is 24.0 Å². The van der Waals surface area contributed by atoms with Crippen molar-refractivity contribution < 1.29 is 24.4 Å². The molecule has 6 heteroatoms. The van der Waals surface area contributed by atoms with Gasteiger partial charge in [0.25, 0.3) is 0 Å². The van der Waals surface area contributed by atoms with E-state index >= 15 is 0 Å². The van der Waals surface area contributed by atoms with Crippen LogP contribution < -0.4 is 4.90 Å². The van der Waals surface area contributed by atoms with Crippen molar-refractivity contribution in [3.05, 3.63) is 29.8 Å². The Labute approximate surface area is 185 Å². The van der Waals surface area contributed by atoms with Crippen LogP contribution in [0.5, 0.6) is 0 Å². The molecule has 0 aromatic heterocycles. The van der Waals surface area contributed by atoms with Gasteiger partial charge in [-0.1, -0.05) is 19.1 Å². The molecule has 5 fully saturated rings. The fourth-order valence-electron chi connectivity index (χ4n) is 6.58. The minimum atomic E-state index is -0.822. The highest BCUT2D eigenvalue weighted by Gasteiger charge is 2.69. The van der Waals surface area contributed by atoms with Gasteiger partial charge in [-0.15, -0.1) is 0 Å². The molecule has 1 N–H and O–H groups in total. The van der Waals surface area contributed by atoms with Crippen molar-refractivity contribution >= 4 is 5.69 Å². The maximum atomic E-state index is 11.0. The first-order chi connectivity index (χ1) is 14.8. The molecule has 6 rings (SSSR count). The minimum Gasteiger partial charge on any atom is -0.378 e. The van der Waals surface area contributed by atoms with Crippen LogP contribution in [0, 0.1) is 23.7 Å². The van der Waals surface area contributed by atoms with Crippen molar-refractivity contribution in [3.8, 4) is 0 Å². The van der Waals surface area contributed by atoms with E-state index in [2.05, 4.69) is 50.2 Å². The zero-order valence-electron chi connectivity index (χ0n) is 19.3. The molecule has 172 valence electrons. The Morgan fingerprint density at radius 2 is 1.84 bits per heavy atom. The van der Waals surface area contributed by atoms with Crippen LogP contribution in [0.25, 0.3) is 0 Å². The second-order valence-electron chi connectivity index (χ2n) is 10.6. The van der Waals surface area contributed by atoms with Crippen molar-refractivity contribution in [1.29, 1.82) is 0 Å². The summed E-state index contributed by atoms with van der Waals surface area (Å²) in [6.45, 7) is 4.23. The van der Waals surface area contributed by atoms with Gasteiger partial charge in [-0.25, -0.2) is 9.78 Å². The van der Waals surface area contributed by atoms with Crippen molar-refractivity contribution in [2.45, 2.75) is 82.8 Å². The van der Waals surface area contributed by atoms with Crippen LogP contribution in [0.15, 0.2) is 24.3 Å². The normalized spacial score (nSPS) is 43.9. The maximum absolute atomic E-state index is 11.0. The summed E-state index contributed by atoms with van der Waals surface area (Å²) in [6.07, 6.45) is 5.48. The van der Waals surface area contributed by atoms with Gasteiger partial charge in [0, 0.05) is 38.0 Å². The number of aliphatic hydroxyl groups is 1. The zero-order chi connectivity index (χ0) is 21.8. The minimum absolute atomic E-state index is 0.0296. The zero-order valence-corrected chi connectivity index (χ0v) is 19.3. The summed E-state index contributed by atoms with van der Waals surface area (Å²) in [4.78, 5) is 14.2. The number of hydrogen-bond acceptors (Lipinski definition) is 6. The van der Waals surface area contributed by atoms with Gasteiger partial charge in [-0.05, 0) is 75.0 Å². The van der Waals surface area contributed by atoms with Gasteiger partial charge >= 0.3 is 0 Å². The van der Waals surface area contributed by atoms with E-state index in [0.29, 0.717) is 11.8 Å². The first-order valence-electron chi connectivity index (χ1n) is 12.0. The highest BCUT2D eigenvalue weighted by atomic mass is 17.3. The van der Waals surface area contributed by atoms with Crippen molar-refractivity contribution in [1.82, 2.24) is 0 Å². The second-order valence-corrected chi connectivity index (χ2v) is 10.6. The summed E-state index contributed by atoms with van der Waals surface area (Å²) in [5.74, 6) is 0.279. The predicted molar refractivity (Wildman–Crippen MR) is 117 cm³/mol. The van der Waals surface area contributed by atoms with Crippen molar-refractivity contribution in [2.24, 2.45) is 23.7 Å². The van der Waals surface area contributed by atoms with Gasteiger partial charge in [0.2, 0.25) is 5.79 Å². The van der Waals surface area contributed by atoms with E-state index in [1.165, 1.54) is 11.3 Å². The molecule has 4 unspecified atom stereocenters. The summed E-state index contributed by atoms with van der Waals surface area (Å²) in [5, 5.41) is 11.0. The van der Waals surface area contributed by atoms with Crippen LogP contribution >= 0.6 is 0 Å². The number of nitrogens with zero attached hydrogens (tertiary/aromatic N) is 1. The quantitative estimate of drug-likeness (QED) is 0.703. The third kappa shape index (κ3) is 3.61. The molecule has 1 aromatic rings. The van der Waals surface area contributed by atoms with Crippen LogP contribution in [-0.4, -0.2) is 43.2 Å². The SMILES string of the molecule is C[C@@H]1CCC2[C@@H](CCCc3ccc(N(C)C)cc3)C(O)O[C@@H]3OC4(C)CC[C@@H]1C23OO4. The molecular weight excluding hydrogens is 394 g/mol. The van der Waals surface area contributed by atoms with Gasteiger partial charge < -0.3 is 19.5 Å². The lowest BCUT2D eigenvalue weighted by atomic mass is 9.57. The van der Waals surface area contributed by atoms with Crippen LogP contribution in [0.1, 0.15) is 57.9 Å². The number of rotatable bonds is 5. The standard InChI is InChI=1S/C25H37NO5/c1-16-8-13-21-19(7-5-6-17-9-11-18(12-10-17)26(3)4)22(27)28-23-25(21)20(16)14-15-24(2,29-23)30-31-25/h9-12,16,19-23,27H,5-8,13-15H2,1-4H3/t16-,19-,20+,21?,22?,23-,24?,25?/m1/s1. The summed E-state index contributed by atoms with van der Waals surface area (Å²) in [6, 6.07) is 8.73. The van der Waals surface area contributed by atoms with Gasteiger partial charge in [0.15, 0.2) is 18.2 Å². The Kier molecular flexibility index (Phi) is 5.58. The van der Waals surface area contributed by atoms with Crippen molar-refractivity contribution in [2.75, 3.05) is 19.0 Å². The number of aliphatic hydroxyl groups excluding tert-OH is 1. The number of aryl methyl sites for hydroxylation is 1. The Balaban J connectivity index is 1.32. The third-order valence-corrected chi connectivity index (χ3v) is 8.38. The van der Waals surface area contributed by atoms with Crippen LogP contribution in [-0.2, 0) is 25.7 Å². The monoisotopic (exact) mass is 431 g/mol. The van der Waals surface area contributed by atoms with Crippen LogP contribution in [0.4, 0.5) is 5.69 Å². The average molecular weight is 432 g/mol. The second kappa shape index (κ2) is 7.99. The topological polar surface area (TPSA) is 60.4 Å². The van der Waals surface area contributed by atoms with E-state index in [-0.39, 0.29) is 11.8 Å². The Morgan fingerprint density at radius 3 is 2.58 bits per heavy atom. The molecule has 8 atom stereocenters. The average Bonchev–Trinajstić information content (AvgIpc) is 2.97. The summed E-state index contributed by atoms with van der Waals surface area (Å²) < 4.78 is 12.4. The van der Waals surface area contributed by atoms with E-state index in [1.807, 2.05) is 6.92 Å². The summed E-state index contributed by atoms with van der Waals surface area (Å²) >= 11 is 0. The molecule has 4 aliphatic heterocycles. The van der Waals surface area contributed by atoms with Gasteiger partial charge in [0.05, 0.1) is 0 Å². The van der Waals surface area contributed by atoms with Gasteiger partial charge in [-0.2, -0.15) is 0 Å². The lowest BCUT2D eigenvalue weighted by Gasteiger charge is -2.60. The molecule has 4 saturated heterocycles. The van der Waals surface area contributed by atoms with E-state index in [9.17, 15) is 5.11 Å². The van der Waals surface area contributed by atoms with Crippen molar-refractivity contribution in [3.63, 3.8) is 0 Å². The molecule has 6 nitrogen and oxygen atoms in total. The van der Waals surface area contributed by atoms with E-state index in [0.717, 1.165) is 44.9 Å². The molecule has 1 aliphatic carbocycles. The molecule has 2 bridgehead atoms. The molecule has 5 aliphatic rings. The first kappa shape index (κ1) is 21.7. The lowest BCUT2D eigenvalue weighted by Crippen LogP contribution is -2.70. The first-order valence-corrected chi connectivity index (χ1v) is 12.0. The third-order valence-electron chi connectivity index (χ3n) is 8.38. The van der Waals surface area contributed by atoms with E-state index in [4.69, 9.17) is 19.2 Å². The number of fused-ring (bicyclic) bond motifs is 2. The number of hydrogen-bond donors (Lipinski definition) is 1. The highest BCUT2D eigenvalue weighted by Crippen LogP contribution is 2.60. The van der Waals surface area contributed by atoms with Crippen LogP contribution in [0.2, 0.25) is 0 Å². The fourth-order valence-corrected chi connectivity index (χ4v) is 6.58. The largest absolute Gasteiger partial charge is 0.378 e. The maximum Gasteiger partial charge on any atom is 0.201 e. The molecule has 4 heterocycles. The molecule has 31 heavy (non-hydrogen) atoms. The number of anilines is 1. The summed E-state index contributed by atoms with van der Waals surface area (Å²) in [5.41, 5.74) is 1.93.